The van der Waals surface area contributed by atoms with Crippen LogP contribution in [0.1, 0.15) is 37.7 Å². The highest BCUT2D eigenvalue weighted by Crippen LogP contribution is 2.47. The van der Waals surface area contributed by atoms with Crippen molar-refractivity contribution in [3.63, 3.8) is 0 Å². The van der Waals surface area contributed by atoms with Crippen LogP contribution in [-0.2, 0) is 0 Å². The van der Waals surface area contributed by atoms with Crippen molar-refractivity contribution in [3.05, 3.63) is 161 Å². The first kappa shape index (κ1) is 32.5. The summed E-state index contributed by atoms with van der Waals surface area (Å²) in [5.41, 5.74) is 10.7. The van der Waals surface area contributed by atoms with Crippen molar-refractivity contribution in [1.82, 2.24) is 0 Å². The Morgan fingerprint density at radius 1 is 0.529 bits per heavy atom. The fourth-order valence-corrected chi connectivity index (χ4v) is 8.99. The van der Waals surface area contributed by atoms with Crippen LogP contribution in [0.3, 0.4) is 0 Å². The monoisotopic (exact) mass is 676 g/mol. The van der Waals surface area contributed by atoms with Gasteiger partial charge in [-0.15, -0.1) is 11.3 Å². The predicted molar refractivity (Wildman–Crippen MR) is 224 cm³/mol. The van der Waals surface area contributed by atoms with E-state index >= 15 is 0 Å². The van der Waals surface area contributed by atoms with Crippen LogP contribution in [0.2, 0.25) is 0 Å². The van der Waals surface area contributed by atoms with E-state index in [9.17, 15) is 0 Å². The van der Waals surface area contributed by atoms with Gasteiger partial charge in [-0.05, 0) is 114 Å². The highest BCUT2D eigenvalue weighted by atomic mass is 32.1. The summed E-state index contributed by atoms with van der Waals surface area (Å²) >= 11 is 1.87. The minimum Gasteiger partial charge on any atom is -0.456 e. The highest BCUT2D eigenvalue weighted by molar-refractivity contribution is 7.27. The van der Waals surface area contributed by atoms with E-state index in [2.05, 4.69) is 179 Å². The number of benzene rings is 5. The van der Waals surface area contributed by atoms with Crippen molar-refractivity contribution >= 4 is 71.5 Å². The van der Waals surface area contributed by atoms with Gasteiger partial charge in [0, 0.05) is 36.5 Å². The zero-order chi connectivity index (χ0) is 35.1. The first-order valence-corrected chi connectivity index (χ1v) is 18.5. The minimum atomic E-state index is 0.931. The van der Waals surface area contributed by atoms with Crippen LogP contribution >= 0.6 is 11.3 Å². The van der Waals surface area contributed by atoms with Gasteiger partial charge in [-0.3, -0.25) is 0 Å². The molecule has 8 aromatic rings. The largest absolute Gasteiger partial charge is 0.456 e. The van der Waals surface area contributed by atoms with Gasteiger partial charge in [0.25, 0.3) is 0 Å². The van der Waals surface area contributed by atoms with E-state index in [4.69, 9.17) is 4.42 Å². The molecule has 0 N–H and O–H groups in total. The van der Waals surface area contributed by atoms with E-state index in [1.807, 2.05) is 18.3 Å². The molecule has 2 heterocycles. The van der Waals surface area contributed by atoms with Gasteiger partial charge in [0.15, 0.2) is 0 Å². The number of hydrogen-bond donors (Lipinski definition) is 0. The highest BCUT2D eigenvalue weighted by Gasteiger charge is 2.20. The number of allylic oxidation sites excluding steroid dienone is 1. The molecular formula is C49H40OS. The van der Waals surface area contributed by atoms with E-state index in [1.54, 1.807) is 0 Å². The molecule has 0 bridgehead atoms. The molecule has 0 aliphatic rings. The topological polar surface area (TPSA) is 13.1 Å². The number of rotatable bonds is 4. The van der Waals surface area contributed by atoms with E-state index in [0.717, 1.165) is 16.7 Å². The van der Waals surface area contributed by atoms with E-state index < -0.39 is 0 Å². The third-order valence-corrected chi connectivity index (χ3v) is 11.3. The summed E-state index contributed by atoms with van der Waals surface area (Å²) in [6.45, 7) is 10.7. The average molecular weight is 677 g/mol. The van der Waals surface area contributed by atoms with Gasteiger partial charge in [-0.25, -0.2) is 0 Å². The van der Waals surface area contributed by atoms with E-state index in [-0.39, 0.29) is 0 Å². The number of aryl methyl sites for hydroxylation is 2. The Hall–Kier alpha value is -5.70. The van der Waals surface area contributed by atoms with Crippen molar-refractivity contribution in [2.75, 3.05) is 0 Å². The molecule has 0 aliphatic heterocycles. The smallest absolute Gasteiger partial charge is 0.144 e. The number of hydrogen-bond acceptors (Lipinski definition) is 2. The molecule has 0 fully saturated rings. The zero-order valence-corrected chi connectivity index (χ0v) is 30.6. The zero-order valence-electron chi connectivity index (χ0n) is 29.8. The lowest BCUT2D eigenvalue weighted by molar-refractivity contribution is 0.604. The van der Waals surface area contributed by atoms with Crippen LogP contribution in [0.4, 0.5) is 0 Å². The molecule has 0 aliphatic carbocycles. The second kappa shape index (κ2) is 13.5. The lowest BCUT2D eigenvalue weighted by atomic mass is 9.94. The predicted octanol–water partition coefficient (Wildman–Crippen LogP) is 13.3. The molecule has 248 valence electrons. The van der Waals surface area contributed by atoms with Crippen LogP contribution in [0, 0.1) is 13.8 Å². The molecule has 0 spiro atoms. The minimum absolute atomic E-state index is 0.931. The summed E-state index contributed by atoms with van der Waals surface area (Å²) in [6, 6.07) is 46.4. The van der Waals surface area contributed by atoms with Gasteiger partial charge >= 0.3 is 0 Å². The second-order valence-electron chi connectivity index (χ2n) is 13.1. The lowest BCUT2D eigenvalue weighted by Crippen LogP contribution is -2.27. The summed E-state index contributed by atoms with van der Waals surface area (Å²) in [6.07, 6.45) is 8.67. The Kier molecular flexibility index (Phi) is 8.63. The molecule has 0 radical (unpaired) electrons. The maximum atomic E-state index is 6.54. The third kappa shape index (κ3) is 5.57. The maximum Gasteiger partial charge on any atom is 0.144 e. The van der Waals surface area contributed by atoms with Crippen molar-refractivity contribution in [2.24, 2.45) is 0 Å². The standard InChI is InChI=1S/C49H40OS/c1-6-18-44-32(5)46-48(50-44)42-26-16-15-25-41(42)47-43-30-35(27-28-45(43)51-49(46)47)40-24-12-10-9-11-23-39(36(7-2)37(40)8-3)34-21-17-20-33(29-34)38-22-14-13-19-31(38)4/h6-30H,1-5H3/b11-9?,12-10?,18-6-,36-7+,37-8+,39-23?,40-24?. The first-order valence-electron chi connectivity index (χ1n) is 17.7. The fraction of sp³-hybridized carbons (Fsp3) is 0.102. The van der Waals surface area contributed by atoms with Gasteiger partial charge < -0.3 is 4.42 Å². The van der Waals surface area contributed by atoms with Gasteiger partial charge in [0.2, 0.25) is 0 Å². The summed E-state index contributed by atoms with van der Waals surface area (Å²) in [5, 5.41) is 8.60. The van der Waals surface area contributed by atoms with Crippen molar-refractivity contribution < 1.29 is 4.42 Å². The van der Waals surface area contributed by atoms with Gasteiger partial charge in [0.1, 0.15) is 11.3 Å². The molecule has 0 atom stereocenters. The molecule has 6 aromatic carbocycles. The number of fused-ring (bicyclic) bond motifs is 8. The molecule has 1 nitrogen and oxygen atoms in total. The summed E-state index contributed by atoms with van der Waals surface area (Å²) in [7, 11) is 0. The van der Waals surface area contributed by atoms with Crippen LogP contribution < -0.4 is 10.4 Å². The molecule has 8 rings (SSSR count). The van der Waals surface area contributed by atoms with Gasteiger partial charge in [-0.2, -0.15) is 0 Å². The van der Waals surface area contributed by atoms with Crippen molar-refractivity contribution in [1.29, 1.82) is 0 Å². The normalized spacial score (nSPS) is 12.6. The number of thiophene rings is 1. The Morgan fingerprint density at radius 3 is 1.82 bits per heavy atom. The molecule has 2 aromatic heterocycles. The summed E-state index contributed by atoms with van der Waals surface area (Å²) < 4.78 is 9.11. The Labute approximate surface area is 303 Å². The average Bonchev–Trinajstić information content (AvgIpc) is 3.70. The molecule has 51 heavy (non-hydrogen) atoms. The third-order valence-electron chi connectivity index (χ3n) is 10.1. The fourth-order valence-electron chi connectivity index (χ4n) is 7.69. The molecule has 2 heteroatoms. The van der Waals surface area contributed by atoms with Gasteiger partial charge in [0.05, 0.1) is 0 Å². The summed E-state index contributed by atoms with van der Waals surface area (Å²) in [5.74, 6) is 0.931. The first-order chi connectivity index (χ1) is 25.0. The van der Waals surface area contributed by atoms with Crippen LogP contribution in [0.25, 0.3) is 93.5 Å². The SMILES string of the molecule is C/C=C\c1oc2c3ccccc3c3c4cc(-c5ccccccc(-c6cccc(-c7ccccc7C)c6)c(=C/C)/c5=C\C)ccc4sc3c2c1C. The van der Waals surface area contributed by atoms with E-state index in [1.165, 1.54) is 85.9 Å². The molecule has 0 saturated heterocycles. The Balaban J connectivity index is 1.42. The summed E-state index contributed by atoms with van der Waals surface area (Å²) in [4.78, 5) is 0. The molecule has 0 amide bonds. The van der Waals surface area contributed by atoms with Crippen LogP contribution in [0.5, 0.6) is 0 Å². The van der Waals surface area contributed by atoms with Crippen LogP contribution in [-0.4, -0.2) is 0 Å². The Bertz CT molecular complexity index is 2860. The van der Waals surface area contributed by atoms with Crippen molar-refractivity contribution in [3.8, 4) is 33.4 Å². The molecule has 0 unspecified atom stereocenters. The van der Waals surface area contributed by atoms with E-state index in [0.29, 0.717) is 0 Å². The van der Waals surface area contributed by atoms with Crippen molar-refractivity contribution in [2.45, 2.75) is 34.6 Å². The Morgan fingerprint density at radius 2 is 1.14 bits per heavy atom. The molecule has 0 saturated carbocycles. The molecular weight excluding hydrogens is 637 g/mol. The maximum absolute atomic E-state index is 6.54. The van der Waals surface area contributed by atoms with Crippen LogP contribution in [0.15, 0.2) is 138 Å². The quantitative estimate of drug-likeness (QED) is 0.181. The lowest BCUT2D eigenvalue weighted by Gasteiger charge is -2.10. The van der Waals surface area contributed by atoms with Gasteiger partial charge in [-0.1, -0.05) is 127 Å². The number of furan rings is 1. The second-order valence-corrected chi connectivity index (χ2v) is 14.1.